The minimum Gasteiger partial charge on any atom is -0.391 e. The number of fused-ring (bicyclic) bond motifs is 1. The molecule has 1 aromatic heterocycles. The Bertz CT molecular complexity index is 891. The lowest BCUT2D eigenvalue weighted by molar-refractivity contribution is 0.134. The first-order valence-electron chi connectivity index (χ1n) is 9.76. The SMILES string of the molecule is CC(C)Cc1ncc2c(n1)CN(C(=O)N[C@@H](c1ccc(F)c(Cl)c1)[C@H](C)O)CC2. The van der Waals surface area contributed by atoms with Crippen molar-refractivity contribution in [2.75, 3.05) is 6.54 Å². The van der Waals surface area contributed by atoms with Crippen LogP contribution in [0.4, 0.5) is 9.18 Å². The first-order chi connectivity index (χ1) is 13.7. The maximum atomic E-state index is 13.5. The normalized spacial score (nSPS) is 15.8. The summed E-state index contributed by atoms with van der Waals surface area (Å²) in [5.74, 6) is 0.685. The van der Waals surface area contributed by atoms with Crippen molar-refractivity contribution in [1.29, 1.82) is 0 Å². The largest absolute Gasteiger partial charge is 0.391 e. The van der Waals surface area contributed by atoms with E-state index in [1.165, 1.54) is 18.2 Å². The van der Waals surface area contributed by atoms with E-state index in [9.17, 15) is 14.3 Å². The van der Waals surface area contributed by atoms with Gasteiger partial charge in [0.15, 0.2) is 0 Å². The van der Waals surface area contributed by atoms with Gasteiger partial charge in [-0.2, -0.15) is 0 Å². The molecule has 0 fully saturated rings. The van der Waals surface area contributed by atoms with Crippen LogP contribution in [0.25, 0.3) is 0 Å². The van der Waals surface area contributed by atoms with E-state index >= 15 is 0 Å². The number of aromatic nitrogens is 2. The topological polar surface area (TPSA) is 78.4 Å². The van der Waals surface area contributed by atoms with Crippen molar-refractivity contribution in [2.24, 2.45) is 5.92 Å². The Morgan fingerprint density at radius 3 is 2.79 bits per heavy atom. The summed E-state index contributed by atoms with van der Waals surface area (Å²) in [6.07, 6.45) is 2.44. The zero-order valence-corrected chi connectivity index (χ0v) is 17.6. The summed E-state index contributed by atoms with van der Waals surface area (Å²) in [5, 5.41) is 12.9. The number of urea groups is 1. The number of halogens is 2. The molecule has 2 aromatic rings. The van der Waals surface area contributed by atoms with E-state index in [1.807, 2.05) is 6.20 Å². The number of nitrogens with one attached hydrogen (secondary N) is 1. The van der Waals surface area contributed by atoms with Crippen LogP contribution in [-0.2, 0) is 19.4 Å². The number of aliphatic hydroxyl groups is 1. The van der Waals surface area contributed by atoms with Crippen LogP contribution < -0.4 is 5.32 Å². The number of benzene rings is 1. The number of aliphatic hydroxyl groups excluding tert-OH is 1. The summed E-state index contributed by atoms with van der Waals surface area (Å²) < 4.78 is 13.5. The molecular formula is C21H26ClFN4O2. The molecule has 0 unspecified atom stereocenters. The zero-order chi connectivity index (χ0) is 21.1. The second kappa shape index (κ2) is 9.05. The maximum Gasteiger partial charge on any atom is 0.318 e. The Balaban J connectivity index is 1.73. The van der Waals surface area contributed by atoms with Crippen LogP contribution >= 0.6 is 11.6 Å². The van der Waals surface area contributed by atoms with Crippen LogP contribution in [0.5, 0.6) is 0 Å². The van der Waals surface area contributed by atoms with Gasteiger partial charge in [0.25, 0.3) is 0 Å². The van der Waals surface area contributed by atoms with Gasteiger partial charge in [0.1, 0.15) is 11.6 Å². The van der Waals surface area contributed by atoms with Crippen molar-refractivity contribution < 1.29 is 14.3 Å². The molecule has 2 heterocycles. The van der Waals surface area contributed by atoms with Gasteiger partial charge in [-0.25, -0.2) is 19.2 Å². The second-order valence-electron chi connectivity index (χ2n) is 7.87. The smallest absolute Gasteiger partial charge is 0.318 e. The quantitative estimate of drug-likeness (QED) is 0.773. The van der Waals surface area contributed by atoms with Gasteiger partial charge in [-0.3, -0.25) is 0 Å². The van der Waals surface area contributed by atoms with Gasteiger partial charge in [0.2, 0.25) is 0 Å². The van der Waals surface area contributed by atoms with E-state index < -0.39 is 18.0 Å². The van der Waals surface area contributed by atoms with E-state index in [-0.39, 0.29) is 11.1 Å². The molecule has 29 heavy (non-hydrogen) atoms. The fraction of sp³-hybridized carbons (Fsp3) is 0.476. The van der Waals surface area contributed by atoms with E-state index in [4.69, 9.17) is 11.6 Å². The molecule has 0 radical (unpaired) electrons. The number of carbonyl (C=O) groups excluding carboxylic acids is 1. The van der Waals surface area contributed by atoms with Gasteiger partial charge >= 0.3 is 6.03 Å². The molecule has 1 aliphatic heterocycles. The molecule has 2 atom stereocenters. The minimum atomic E-state index is -0.877. The molecule has 0 saturated carbocycles. The molecule has 0 aliphatic carbocycles. The monoisotopic (exact) mass is 420 g/mol. The lowest BCUT2D eigenvalue weighted by Gasteiger charge is -2.31. The third kappa shape index (κ3) is 5.22. The Hall–Kier alpha value is -2.25. The fourth-order valence-electron chi connectivity index (χ4n) is 3.39. The maximum absolute atomic E-state index is 13.5. The number of nitrogens with zero attached hydrogens (tertiary/aromatic N) is 3. The first-order valence-corrected chi connectivity index (χ1v) is 10.1. The summed E-state index contributed by atoms with van der Waals surface area (Å²) in [6.45, 7) is 6.70. The van der Waals surface area contributed by atoms with E-state index in [2.05, 4.69) is 29.1 Å². The highest BCUT2D eigenvalue weighted by Crippen LogP contribution is 2.24. The standard InChI is InChI=1S/C21H26ClFN4O2/c1-12(2)8-19-24-10-15-6-7-27(11-18(15)25-19)21(29)26-20(13(3)28)14-4-5-17(23)16(22)9-14/h4-5,9-10,12-13,20,28H,6-8,11H2,1-3H3,(H,26,29)/t13-,20+/m0/s1. The van der Waals surface area contributed by atoms with Gasteiger partial charge in [-0.05, 0) is 42.5 Å². The Morgan fingerprint density at radius 2 is 2.14 bits per heavy atom. The predicted molar refractivity (Wildman–Crippen MR) is 109 cm³/mol. The van der Waals surface area contributed by atoms with Crippen LogP contribution in [0.1, 0.15) is 49.5 Å². The molecule has 0 saturated heterocycles. The van der Waals surface area contributed by atoms with Crippen LogP contribution in [0.15, 0.2) is 24.4 Å². The minimum absolute atomic E-state index is 0.0521. The Labute approximate surface area is 175 Å². The lowest BCUT2D eigenvalue weighted by Crippen LogP contribution is -2.46. The number of amides is 2. The van der Waals surface area contributed by atoms with Crippen LogP contribution in [-0.4, -0.2) is 38.7 Å². The fourth-order valence-corrected chi connectivity index (χ4v) is 3.58. The summed E-state index contributed by atoms with van der Waals surface area (Å²) >= 11 is 5.86. The summed E-state index contributed by atoms with van der Waals surface area (Å²) in [5.41, 5.74) is 2.45. The van der Waals surface area contributed by atoms with E-state index in [0.717, 1.165) is 23.5 Å². The van der Waals surface area contributed by atoms with Crippen LogP contribution in [0, 0.1) is 11.7 Å². The van der Waals surface area contributed by atoms with Crippen molar-refractivity contribution in [2.45, 2.75) is 52.3 Å². The highest BCUT2D eigenvalue weighted by Gasteiger charge is 2.27. The van der Waals surface area contributed by atoms with E-state index in [1.54, 1.807) is 11.8 Å². The molecule has 3 rings (SSSR count). The third-order valence-electron chi connectivity index (χ3n) is 4.94. The number of rotatable bonds is 5. The van der Waals surface area contributed by atoms with Crippen LogP contribution in [0.2, 0.25) is 5.02 Å². The van der Waals surface area contributed by atoms with Crippen molar-refractivity contribution >= 4 is 17.6 Å². The molecule has 2 N–H and O–H groups in total. The third-order valence-corrected chi connectivity index (χ3v) is 5.23. The molecule has 1 aliphatic rings. The first kappa shape index (κ1) is 21.5. The second-order valence-corrected chi connectivity index (χ2v) is 8.28. The summed E-state index contributed by atoms with van der Waals surface area (Å²) in [7, 11) is 0. The average molecular weight is 421 g/mol. The predicted octanol–water partition coefficient (Wildman–Crippen LogP) is 3.66. The van der Waals surface area contributed by atoms with E-state index in [0.29, 0.717) is 31.0 Å². The van der Waals surface area contributed by atoms with Gasteiger partial charge in [0.05, 0.1) is 29.4 Å². The molecule has 1 aromatic carbocycles. The van der Waals surface area contributed by atoms with Crippen molar-refractivity contribution in [3.8, 4) is 0 Å². The van der Waals surface area contributed by atoms with Gasteiger partial charge in [0, 0.05) is 19.2 Å². The van der Waals surface area contributed by atoms with Crippen LogP contribution in [0.3, 0.4) is 0 Å². The Morgan fingerprint density at radius 1 is 1.38 bits per heavy atom. The number of hydrogen-bond donors (Lipinski definition) is 2. The molecular weight excluding hydrogens is 395 g/mol. The average Bonchev–Trinajstić information content (AvgIpc) is 2.67. The van der Waals surface area contributed by atoms with Gasteiger partial charge in [-0.1, -0.05) is 31.5 Å². The van der Waals surface area contributed by atoms with Crippen molar-refractivity contribution in [1.82, 2.24) is 20.2 Å². The number of hydrogen-bond acceptors (Lipinski definition) is 4. The van der Waals surface area contributed by atoms with Gasteiger partial charge < -0.3 is 15.3 Å². The Kier molecular flexibility index (Phi) is 6.70. The molecule has 8 heteroatoms. The van der Waals surface area contributed by atoms with Crippen molar-refractivity contribution in [3.05, 3.63) is 57.9 Å². The lowest BCUT2D eigenvalue weighted by atomic mass is 10.0. The molecule has 0 bridgehead atoms. The van der Waals surface area contributed by atoms with Gasteiger partial charge in [-0.15, -0.1) is 0 Å². The highest BCUT2D eigenvalue weighted by molar-refractivity contribution is 6.30. The molecule has 0 spiro atoms. The molecule has 2 amide bonds. The summed E-state index contributed by atoms with van der Waals surface area (Å²) in [6, 6.07) is 3.14. The number of carbonyl (C=O) groups is 1. The zero-order valence-electron chi connectivity index (χ0n) is 16.8. The van der Waals surface area contributed by atoms with Crippen molar-refractivity contribution in [3.63, 3.8) is 0 Å². The highest BCUT2D eigenvalue weighted by atomic mass is 35.5. The summed E-state index contributed by atoms with van der Waals surface area (Å²) in [4.78, 5) is 23.6. The molecule has 6 nitrogen and oxygen atoms in total. The molecule has 156 valence electrons.